The second-order valence-corrected chi connectivity index (χ2v) is 10.6. The first-order valence-electron chi connectivity index (χ1n) is 11.8. The number of nitro groups is 1. The molecule has 0 spiro atoms. The standard InChI is InChI=1S/C26H29ClN4O4/c1-26(2,3)16-35-23-18(13-19(27)14-22(23)31(33)34)15-28-30-24(17-9-5-4-6-10-17)29-21-12-8-7-11-20(21)25(30)32/h7-8,11-15,17H,4-6,9-10,16H2,1-3H3. The zero-order valence-corrected chi connectivity index (χ0v) is 20.9. The Balaban J connectivity index is 1.85. The highest BCUT2D eigenvalue weighted by Crippen LogP contribution is 2.35. The van der Waals surface area contributed by atoms with Crippen molar-refractivity contribution < 1.29 is 9.66 Å². The molecule has 0 N–H and O–H groups in total. The first-order chi connectivity index (χ1) is 16.6. The number of rotatable bonds is 6. The predicted molar refractivity (Wildman–Crippen MR) is 138 cm³/mol. The van der Waals surface area contributed by atoms with E-state index in [2.05, 4.69) is 5.10 Å². The van der Waals surface area contributed by atoms with E-state index in [4.69, 9.17) is 21.3 Å². The monoisotopic (exact) mass is 496 g/mol. The lowest BCUT2D eigenvalue weighted by Crippen LogP contribution is -2.25. The van der Waals surface area contributed by atoms with Crippen LogP contribution in [0.1, 0.15) is 70.2 Å². The van der Waals surface area contributed by atoms with Crippen molar-refractivity contribution in [1.82, 2.24) is 9.66 Å². The Bertz CT molecular complexity index is 1340. The van der Waals surface area contributed by atoms with Gasteiger partial charge < -0.3 is 4.74 Å². The molecule has 0 saturated heterocycles. The summed E-state index contributed by atoms with van der Waals surface area (Å²) in [5.41, 5.74) is 0.205. The summed E-state index contributed by atoms with van der Waals surface area (Å²) < 4.78 is 7.22. The zero-order valence-electron chi connectivity index (χ0n) is 20.2. The van der Waals surface area contributed by atoms with Gasteiger partial charge in [-0.1, -0.05) is 63.8 Å². The molecule has 0 unspecified atom stereocenters. The van der Waals surface area contributed by atoms with Crippen molar-refractivity contribution >= 4 is 34.4 Å². The second kappa shape index (κ2) is 10.2. The van der Waals surface area contributed by atoms with Crippen molar-refractivity contribution in [3.8, 4) is 5.75 Å². The van der Waals surface area contributed by atoms with Gasteiger partial charge in [0.2, 0.25) is 5.75 Å². The number of aromatic nitrogens is 2. The average molecular weight is 497 g/mol. The van der Waals surface area contributed by atoms with Crippen LogP contribution < -0.4 is 10.3 Å². The number of para-hydroxylation sites is 1. The van der Waals surface area contributed by atoms with E-state index in [1.807, 2.05) is 32.9 Å². The van der Waals surface area contributed by atoms with Gasteiger partial charge in [0.1, 0.15) is 5.82 Å². The SMILES string of the molecule is CC(C)(C)COc1c(C=Nn2c(C3CCCCC3)nc3ccccc3c2=O)cc(Cl)cc1[N+](=O)[O-]. The van der Waals surface area contributed by atoms with Gasteiger partial charge in [-0.05, 0) is 36.5 Å². The third-order valence-corrected chi connectivity index (χ3v) is 6.19. The third-order valence-electron chi connectivity index (χ3n) is 5.97. The van der Waals surface area contributed by atoms with Gasteiger partial charge in [0, 0.05) is 22.6 Å². The number of halogens is 1. The number of hydrogen-bond donors (Lipinski definition) is 0. The molecule has 35 heavy (non-hydrogen) atoms. The lowest BCUT2D eigenvalue weighted by atomic mass is 9.88. The van der Waals surface area contributed by atoms with Crippen molar-refractivity contribution in [2.45, 2.75) is 58.8 Å². The largest absolute Gasteiger partial charge is 0.486 e. The minimum absolute atomic E-state index is 0.0686. The maximum atomic E-state index is 13.4. The molecule has 3 aromatic rings. The van der Waals surface area contributed by atoms with Gasteiger partial charge in [-0.15, -0.1) is 0 Å². The van der Waals surface area contributed by atoms with Gasteiger partial charge in [-0.2, -0.15) is 9.78 Å². The van der Waals surface area contributed by atoms with E-state index in [1.54, 1.807) is 18.2 Å². The van der Waals surface area contributed by atoms with Crippen LogP contribution in [0.25, 0.3) is 10.9 Å². The van der Waals surface area contributed by atoms with Gasteiger partial charge in [0.25, 0.3) is 5.56 Å². The normalized spacial score (nSPS) is 15.1. The van der Waals surface area contributed by atoms with Crippen LogP contribution in [0.15, 0.2) is 46.3 Å². The zero-order chi connectivity index (χ0) is 25.2. The molecule has 1 aromatic heterocycles. The molecule has 2 aromatic carbocycles. The van der Waals surface area contributed by atoms with Crippen molar-refractivity contribution in [2.24, 2.45) is 10.5 Å². The number of nitrogens with zero attached hydrogens (tertiary/aromatic N) is 4. The van der Waals surface area contributed by atoms with E-state index in [9.17, 15) is 14.9 Å². The van der Waals surface area contributed by atoms with E-state index in [0.29, 0.717) is 22.3 Å². The average Bonchev–Trinajstić information content (AvgIpc) is 2.82. The molecule has 184 valence electrons. The molecule has 9 heteroatoms. The molecule has 1 fully saturated rings. The molecule has 8 nitrogen and oxygen atoms in total. The van der Waals surface area contributed by atoms with Gasteiger partial charge in [0.05, 0.1) is 28.6 Å². The Labute approximate surface area is 208 Å². The van der Waals surface area contributed by atoms with Gasteiger partial charge in [-0.25, -0.2) is 4.98 Å². The van der Waals surface area contributed by atoms with Crippen LogP contribution in [0.2, 0.25) is 5.02 Å². The fourth-order valence-electron chi connectivity index (χ4n) is 4.27. The molecule has 1 aliphatic carbocycles. The molecular weight excluding hydrogens is 468 g/mol. The quantitative estimate of drug-likeness (QED) is 0.226. The summed E-state index contributed by atoms with van der Waals surface area (Å²) in [6, 6.07) is 10.0. The Kier molecular flexibility index (Phi) is 7.21. The fourth-order valence-corrected chi connectivity index (χ4v) is 4.50. The first kappa shape index (κ1) is 24.9. The van der Waals surface area contributed by atoms with Gasteiger partial charge in [0.15, 0.2) is 0 Å². The van der Waals surface area contributed by atoms with E-state index in [1.165, 1.54) is 17.0 Å². The van der Waals surface area contributed by atoms with E-state index in [0.717, 1.165) is 32.1 Å². The van der Waals surface area contributed by atoms with Crippen LogP contribution in [-0.4, -0.2) is 27.4 Å². The lowest BCUT2D eigenvalue weighted by molar-refractivity contribution is -0.385. The van der Waals surface area contributed by atoms with Crippen molar-refractivity contribution in [3.63, 3.8) is 0 Å². The smallest absolute Gasteiger partial charge is 0.313 e. The van der Waals surface area contributed by atoms with Crippen LogP contribution >= 0.6 is 11.6 Å². The van der Waals surface area contributed by atoms with E-state index in [-0.39, 0.29) is 40.0 Å². The molecular formula is C26H29ClN4O4. The van der Waals surface area contributed by atoms with Crippen LogP contribution in [0.3, 0.4) is 0 Å². The third kappa shape index (κ3) is 5.70. The summed E-state index contributed by atoms with van der Waals surface area (Å²) in [7, 11) is 0. The molecule has 1 aliphatic rings. The molecule has 4 rings (SSSR count). The Morgan fingerprint density at radius 1 is 1.23 bits per heavy atom. The Morgan fingerprint density at radius 2 is 1.94 bits per heavy atom. The number of benzene rings is 2. The topological polar surface area (TPSA) is 99.6 Å². The van der Waals surface area contributed by atoms with E-state index >= 15 is 0 Å². The predicted octanol–water partition coefficient (Wildman–Crippen LogP) is 6.31. The molecule has 0 atom stereocenters. The van der Waals surface area contributed by atoms with Gasteiger partial charge >= 0.3 is 5.69 Å². The number of ether oxygens (including phenoxy) is 1. The van der Waals surface area contributed by atoms with Gasteiger partial charge in [-0.3, -0.25) is 14.9 Å². The summed E-state index contributed by atoms with van der Waals surface area (Å²) in [5, 5.41) is 16.9. The number of hydrogen-bond acceptors (Lipinski definition) is 6. The van der Waals surface area contributed by atoms with Crippen LogP contribution in [0.4, 0.5) is 5.69 Å². The van der Waals surface area contributed by atoms with Crippen LogP contribution in [0.5, 0.6) is 5.75 Å². The number of fused-ring (bicyclic) bond motifs is 1. The molecule has 1 saturated carbocycles. The minimum Gasteiger partial charge on any atom is -0.486 e. The summed E-state index contributed by atoms with van der Waals surface area (Å²) >= 11 is 6.20. The van der Waals surface area contributed by atoms with Crippen LogP contribution in [-0.2, 0) is 0 Å². The Morgan fingerprint density at radius 3 is 2.63 bits per heavy atom. The Hall–Kier alpha value is -3.26. The summed E-state index contributed by atoms with van der Waals surface area (Å²) in [5.74, 6) is 0.793. The van der Waals surface area contributed by atoms with E-state index < -0.39 is 4.92 Å². The summed E-state index contributed by atoms with van der Waals surface area (Å²) in [6.45, 7) is 6.17. The molecule has 0 aliphatic heterocycles. The molecule has 0 radical (unpaired) electrons. The summed E-state index contributed by atoms with van der Waals surface area (Å²) in [6.07, 6.45) is 6.58. The van der Waals surface area contributed by atoms with Crippen molar-refractivity contribution in [3.05, 3.63) is 73.3 Å². The molecule has 0 amide bonds. The molecule has 1 heterocycles. The van der Waals surface area contributed by atoms with Crippen LogP contribution in [0, 0.1) is 15.5 Å². The second-order valence-electron chi connectivity index (χ2n) is 10.1. The minimum atomic E-state index is -0.529. The van der Waals surface area contributed by atoms with Crippen molar-refractivity contribution in [1.29, 1.82) is 0 Å². The van der Waals surface area contributed by atoms with Crippen molar-refractivity contribution in [2.75, 3.05) is 6.61 Å². The highest BCUT2D eigenvalue weighted by molar-refractivity contribution is 6.31. The molecule has 0 bridgehead atoms. The maximum Gasteiger partial charge on any atom is 0.313 e. The highest BCUT2D eigenvalue weighted by atomic mass is 35.5. The lowest BCUT2D eigenvalue weighted by Gasteiger charge is -2.23. The first-order valence-corrected chi connectivity index (χ1v) is 12.2. The highest BCUT2D eigenvalue weighted by Gasteiger charge is 2.25. The number of nitro benzene ring substituents is 1. The fraction of sp³-hybridized carbons (Fsp3) is 0.423. The summed E-state index contributed by atoms with van der Waals surface area (Å²) in [4.78, 5) is 29.5. The maximum absolute atomic E-state index is 13.4.